The zero-order chi connectivity index (χ0) is 15.8. The van der Waals surface area contributed by atoms with Crippen LogP contribution in [0.15, 0.2) is 46.9 Å². The van der Waals surface area contributed by atoms with Crippen LogP contribution in [0.5, 0.6) is 0 Å². The molecule has 1 unspecified atom stereocenters. The third-order valence-corrected chi connectivity index (χ3v) is 4.71. The summed E-state index contributed by atoms with van der Waals surface area (Å²) in [4.78, 5) is 0. The van der Waals surface area contributed by atoms with Gasteiger partial charge in [-0.15, -0.1) is 0 Å². The molecule has 3 nitrogen and oxygen atoms in total. The lowest BCUT2D eigenvalue weighted by Gasteiger charge is -2.23. The van der Waals surface area contributed by atoms with Crippen LogP contribution in [0.4, 0.5) is 4.39 Å². The van der Waals surface area contributed by atoms with Gasteiger partial charge in [-0.1, -0.05) is 15.9 Å². The molecule has 0 amide bonds. The second-order valence-electron chi connectivity index (χ2n) is 5.78. The van der Waals surface area contributed by atoms with Gasteiger partial charge >= 0.3 is 0 Å². The van der Waals surface area contributed by atoms with E-state index < -0.39 is 0 Å². The Bertz CT molecular complexity index is 838. The van der Waals surface area contributed by atoms with Crippen molar-refractivity contribution in [1.29, 1.82) is 0 Å². The zero-order valence-electron chi connectivity index (χ0n) is 12.5. The second kappa shape index (κ2) is 6.06. The molecule has 0 N–H and O–H groups in total. The van der Waals surface area contributed by atoms with E-state index in [2.05, 4.69) is 22.0 Å². The molecular weight excluding hydrogens is 359 g/mol. The quantitative estimate of drug-likeness (QED) is 0.608. The molecule has 2 heterocycles. The van der Waals surface area contributed by atoms with Gasteiger partial charge in [-0.2, -0.15) is 5.10 Å². The molecule has 0 radical (unpaired) electrons. The standard InChI is InChI=1S/C18H16BrFN2O/c19-13-6-9-15-16(11-13)22(17-3-1-2-10-23-17)21-18(15)12-4-7-14(20)8-5-12/h4-9,11,17H,1-3,10H2. The summed E-state index contributed by atoms with van der Waals surface area (Å²) in [5, 5.41) is 5.85. The molecule has 1 fully saturated rings. The van der Waals surface area contributed by atoms with Gasteiger partial charge in [0.1, 0.15) is 11.5 Å². The summed E-state index contributed by atoms with van der Waals surface area (Å²) in [7, 11) is 0. The van der Waals surface area contributed by atoms with E-state index >= 15 is 0 Å². The van der Waals surface area contributed by atoms with Gasteiger partial charge in [-0.25, -0.2) is 9.07 Å². The Balaban J connectivity index is 1.89. The maximum Gasteiger partial charge on any atom is 0.150 e. The Labute approximate surface area is 142 Å². The maximum absolute atomic E-state index is 13.2. The Morgan fingerprint density at radius 1 is 1.13 bits per heavy atom. The highest BCUT2D eigenvalue weighted by Gasteiger charge is 2.21. The Kier molecular flexibility index (Phi) is 3.91. The number of aromatic nitrogens is 2. The average molecular weight is 375 g/mol. The molecule has 4 rings (SSSR count). The maximum atomic E-state index is 13.2. The van der Waals surface area contributed by atoms with E-state index in [1.165, 1.54) is 12.1 Å². The first kappa shape index (κ1) is 14.8. The predicted molar refractivity (Wildman–Crippen MR) is 91.7 cm³/mol. The highest BCUT2D eigenvalue weighted by Crippen LogP contribution is 2.34. The number of fused-ring (bicyclic) bond motifs is 1. The third-order valence-electron chi connectivity index (χ3n) is 4.22. The molecule has 3 aromatic rings. The van der Waals surface area contributed by atoms with Gasteiger partial charge in [-0.05, 0) is 61.7 Å². The van der Waals surface area contributed by atoms with Crippen molar-refractivity contribution < 1.29 is 9.13 Å². The number of hydrogen-bond donors (Lipinski definition) is 0. The van der Waals surface area contributed by atoms with E-state index in [-0.39, 0.29) is 12.0 Å². The summed E-state index contributed by atoms with van der Waals surface area (Å²) in [6.45, 7) is 0.770. The SMILES string of the molecule is Fc1ccc(-c2nn(C3CCCCO3)c3cc(Br)ccc23)cc1. The largest absolute Gasteiger partial charge is 0.356 e. The number of halogens is 2. The van der Waals surface area contributed by atoms with Crippen LogP contribution in [0.2, 0.25) is 0 Å². The smallest absolute Gasteiger partial charge is 0.150 e. The van der Waals surface area contributed by atoms with E-state index in [0.717, 1.165) is 52.5 Å². The lowest BCUT2D eigenvalue weighted by Crippen LogP contribution is -2.19. The molecule has 0 saturated carbocycles. The summed E-state index contributed by atoms with van der Waals surface area (Å²) in [6.07, 6.45) is 3.18. The molecule has 1 aliphatic rings. The summed E-state index contributed by atoms with van der Waals surface area (Å²) in [5.41, 5.74) is 2.81. The first-order valence-corrected chi connectivity index (χ1v) is 8.57. The molecule has 1 saturated heterocycles. The van der Waals surface area contributed by atoms with Crippen molar-refractivity contribution in [2.75, 3.05) is 6.61 Å². The van der Waals surface area contributed by atoms with Crippen molar-refractivity contribution in [2.45, 2.75) is 25.5 Å². The fraction of sp³-hybridized carbons (Fsp3) is 0.278. The Morgan fingerprint density at radius 2 is 1.96 bits per heavy atom. The number of rotatable bonds is 2. The number of ether oxygens (including phenoxy) is 1. The monoisotopic (exact) mass is 374 g/mol. The lowest BCUT2D eigenvalue weighted by atomic mass is 10.1. The van der Waals surface area contributed by atoms with Crippen molar-refractivity contribution in [3.8, 4) is 11.3 Å². The lowest BCUT2D eigenvalue weighted by molar-refractivity contribution is -0.0365. The minimum atomic E-state index is -0.240. The van der Waals surface area contributed by atoms with Gasteiger partial charge in [0, 0.05) is 22.0 Å². The van der Waals surface area contributed by atoms with E-state index in [9.17, 15) is 4.39 Å². The molecule has 5 heteroatoms. The molecular formula is C18H16BrFN2O. The van der Waals surface area contributed by atoms with E-state index in [1.807, 2.05) is 16.8 Å². The van der Waals surface area contributed by atoms with Gasteiger partial charge in [-0.3, -0.25) is 0 Å². The summed E-state index contributed by atoms with van der Waals surface area (Å²) < 4.78 is 22.1. The average Bonchev–Trinajstić information content (AvgIpc) is 2.95. The molecule has 1 aliphatic heterocycles. The number of benzene rings is 2. The first-order chi connectivity index (χ1) is 11.2. The Hall–Kier alpha value is -1.72. The summed E-state index contributed by atoms with van der Waals surface area (Å²) in [6, 6.07) is 12.6. The van der Waals surface area contributed by atoms with Crippen LogP contribution in [-0.2, 0) is 4.74 Å². The Morgan fingerprint density at radius 3 is 2.70 bits per heavy atom. The van der Waals surface area contributed by atoms with E-state index in [0.29, 0.717) is 0 Å². The summed E-state index contributed by atoms with van der Waals surface area (Å²) >= 11 is 3.53. The van der Waals surface area contributed by atoms with Crippen LogP contribution in [0.1, 0.15) is 25.5 Å². The van der Waals surface area contributed by atoms with Crippen LogP contribution in [0, 0.1) is 5.82 Å². The van der Waals surface area contributed by atoms with Gasteiger partial charge < -0.3 is 4.74 Å². The minimum absolute atomic E-state index is 0.0326. The van der Waals surface area contributed by atoms with Crippen LogP contribution in [0.3, 0.4) is 0 Å². The molecule has 1 atom stereocenters. The molecule has 118 valence electrons. The molecule has 0 aliphatic carbocycles. The first-order valence-electron chi connectivity index (χ1n) is 7.78. The molecule has 2 aromatic carbocycles. The van der Waals surface area contributed by atoms with Crippen molar-refractivity contribution >= 4 is 26.8 Å². The molecule has 1 aromatic heterocycles. The van der Waals surface area contributed by atoms with E-state index in [1.54, 1.807) is 12.1 Å². The second-order valence-corrected chi connectivity index (χ2v) is 6.70. The van der Waals surface area contributed by atoms with Gasteiger partial charge in [0.05, 0.1) is 5.52 Å². The van der Waals surface area contributed by atoms with Gasteiger partial charge in [0.2, 0.25) is 0 Å². The van der Waals surface area contributed by atoms with Crippen molar-refractivity contribution in [1.82, 2.24) is 9.78 Å². The van der Waals surface area contributed by atoms with Gasteiger partial charge in [0.15, 0.2) is 6.23 Å². The topological polar surface area (TPSA) is 27.1 Å². The highest BCUT2D eigenvalue weighted by atomic mass is 79.9. The minimum Gasteiger partial charge on any atom is -0.356 e. The van der Waals surface area contributed by atoms with Gasteiger partial charge in [0.25, 0.3) is 0 Å². The number of hydrogen-bond acceptors (Lipinski definition) is 2. The number of nitrogens with zero attached hydrogens (tertiary/aromatic N) is 2. The van der Waals surface area contributed by atoms with Crippen LogP contribution >= 0.6 is 15.9 Å². The fourth-order valence-corrected chi connectivity index (χ4v) is 3.42. The molecule has 0 bridgehead atoms. The van der Waals surface area contributed by atoms with Crippen molar-refractivity contribution in [2.24, 2.45) is 0 Å². The van der Waals surface area contributed by atoms with Crippen LogP contribution < -0.4 is 0 Å². The van der Waals surface area contributed by atoms with Crippen molar-refractivity contribution in [3.63, 3.8) is 0 Å². The molecule has 23 heavy (non-hydrogen) atoms. The van der Waals surface area contributed by atoms with Crippen molar-refractivity contribution in [3.05, 3.63) is 52.8 Å². The third kappa shape index (κ3) is 2.79. The molecule has 0 spiro atoms. The fourth-order valence-electron chi connectivity index (χ4n) is 3.07. The summed E-state index contributed by atoms with van der Waals surface area (Å²) in [5.74, 6) is -0.240. The zero-order valence-corrected chi connectivity index (χ0v) is 14.1. The highest BCUT2D eigenvalue weighted by molar-refractivity contribution is 9.10. The normalized spacial score (nSPS) is 18.4. The predicted octanol–water partition coefficient (Wildman–Crippen LogP) is 5.30. The van der Waals surface area contributed by atoms with Crippen LogP contribution in [-0.4, -0.2) is 16.4 Å². The van der Waals surface area contributed by atoms with E-state index in [4.69, 9.17) is 9.84 Å². The van der Waals surface area contributed by atoms with Crippen LogP contribution in [0.25, 0.3) is 22.2 Å².